The van der Waals surface area contributed by atoms with Crippen molar-refractivity contribution in [2.45, 2.75) is 20.0 Å². The molecule has 0 spiro atoms. The van der Waals surface area contributed by atoms with Crippen LogP contribution in [0.1, 0.15) is 16.8 Å². The maximum absolute atomic E-state index is 12.3. The topological polar surface area (TPSA) is 56.1 Å². The summed E-state index contributed by atoms with van der Waals surface area (Å²) in [5.41, 5.74) is 3.48. The smallest absolute Gasteiger partial charge is 0.258 e. The minimum atomic E-state index is -0.0618. The fourth-order valence-electron chi connectivity index (χ4n) is 2.96. The normalized spacial score (nSPS) is 11.1. The number of pyridine rings is 1. The molecule has 0 atom stereocenters. The number of hydrogen-bond donors (Lipinski definition) is 0. The van der Waals surface area contributed by atoms with Gasteiger partial charge in [-0.2, -0.15) is 0 Å². The van der Waals surface area contributed by atoms with E-state index in [2.05, 4.69) is 9.88 Å². The third-order valence-corrected chi connectivity index (χ3v) is 4.19. The molecular formula is C20H23N3O3. The molecule has 136 valence electrons. The molecule has 0 saturated carbocycles. The van der Waals surface area contributed by atoms with Crippen molar-refractivity contribution in [3.63, 3.8) is 0 Å². The lowest BCUT2D eigenvalue weighted by Crippen LogP contribution is -2.22. The third-order valence-electron chi connectivity index (χ3n) is 4.19. The number of aryl methyl sites for hydroxylation is 1. The summed E-state index contributed by atoms with van der Waals surface area (Å²) in [7, 11) is 5.24. The number of hydrogen-bond acceptors (Lipinski definition) is 5. The van der Waals surface area contributed by atoms with Gasteiger partial charge in [-0.15, -0.1) is 0 Å². The summed E-state index contributed by atoms with van der Waals surface area (Å²) in [4.78, 5) is 19.0. The first-order chi connectivity index (χ1) is 12.5. The van der Waals surface area contributed by atoms with Gasteiger partial charge in [-0.25, -0.2) is 4.98 Å². The highest BCUT2D eigenvalue weighted by atomic mass is 16.5. The van der Waals surface area contributed by atoms with Gasteiger partial charge >= 0.3 is 0 Å². The number of aromatic nitrogens is 2. The molecule has 6 nitrogen and oxygen atoms in total. The Morgan fingerprint density at radius 2 is 1.81 bits per heavy atom. The van der Waals surface area contributed by atoms with Crippen molar-refractivity contribution in [2.24, 2.45) is 0 Å². The highest BCUT2D eigenvalue weighted by Gasteiger charge is 2.09. The minimum absolute atomic E-state index is 0.0618. The Morgan fingerprint density at radius 3 is 2.54 bits per heavy atom. The molecule has 0 bridgehead atoms. The second-order valence-electron chi connectivity index (χ2n) is 6.38. The van der Waals surface area contributed by atoms with Gasteiger partial charge in [0, 0.05) is 25.4 Å². The molecule has 26 heavy (non-hydrogen) atoms. The van der Waals surface area contributed by atoms with Crippen LogP contribution in [-0.2, 0) is 13.1 Å². The standard InChI is InChI=1S/C20H23N3O3/c1-14-5-8-19-21-16(10-20(24)23(19)11-14)13-22(2)12-15-6-7-17(25-3)18(9-15)26-4/h5-11H,12-13H2,1-4H3. The highest BCUT2D eigenvalue weighted by molar-refractivity contribution is 5.43. The lowest BCUT2D eigenvalue weighted by Gasteiger charge is -2.17. The van der Waals surface area contributed by atoms with Crippen molar-refractivity contribution in [2.75, 3.05) is 21.3 Å². The zero-order valence-electron chi connectivity index (χ0n) is 15.5. The maximum Gasteiger partial charge on any atom is 0.258 e. The SMILES string of the molecule is COc1ccc(CN(C)Cc2cc(=O)n3cc(C)ccc3n2)cc1OC. The molecular weight excluding hydrogens is 330 g/mol. The van der Waals surface area contributed by atoms with E-state index in [1.54, 1.807) is 24.7 Å². The first-order valence-corrected chi connectivity index (χ1v) is 8.38. The molecule has 3 aromatic rings. The Balaban J connectivity index is 1.78. The average molecular weight is 353 g/mol. The van der Waals surface area contributed by atoms with Gasteiger partial charge in [0.2, 0.25) is 0 Å². The van der Waals surface area contributed by atoms with Gasteiger partial charge < -0.3 is 9.47 Å². The molecule has 0 aliphatic heterocycles. The average Bonchev–Trinajstić information content (AvgIpc) is 2.62. The van der Waals surface area contributed by atoms with Gasteiger partial charge in [0.05, 0.1) is 19.9 Å². The van der Waals surface area contributed by atoms with Crippen LogP contribution in [-0.4, -0.2) is 35.6 Å². The van der Waals surface area contributed by atoms with Gasteiger partial charge in [0.25, 0.3) is 5.56 Å². The van der Waals surface area contributed by atoms with Crippen molar-refractivity contribution < 1.29 is 9.47 Å². The Labute approximate surface area is 152 Å². The Kier molecular flexibility index (Phi) is 5.23. The number of benzene rings is 1. The number of fused-ring (bicyclic) bond motifs is 1. The van der Waals surface area contributed by atoms with Crippen LogP contribution in [0.3, 0.4) is 0 Å². The number of ether oxygens (including phenoxy) is 2. The third kappa shape index (κ3) is 3.86. The Bertz CT molecular complexity index is 982. The van der Waals surface area contributed by atoms with Gasteiger partial charge in [0.15, 0.2) is 11.5 Å². The van der Waals surface area contributed by atoms with E-state index in [0.29, 0.717) is 30.2 Å². The Hall–Kier alpha value is -2.86. The van der Waals surface area contributed by atoms with Crippen molar-refractivity contribution >= 4 is 5.65 Å². The van der Waals surface area contributed by atoms with Gasteiger partial charge in [-0.05, 0) is 43.3 Å². The van der Waals surface area contributed by atoms with Crippen LogP contribution < -0.4 is 15.0 Å². The quantitative estimate of drug-likeness (QED) is 0.682. The van der Waals surface area contributed by atoms with Gasteiger partial charge in [-0.3, -0.25) is 14.1 Å². The van der Waals surface area contributed by atoms with Crippen LogP contribution in [0, 0.1) is 6.92 Å². The second kappa shape index (κ2) is 7.58. The summed E-state index contributed by atoms with van der Waals surface area (Å²) in [6, 6.07) is 11.3. The van der Waals surface area contributed by atoms with E-state index < -0.39 is 0 Å². The molecule has 0 aliphatic rings. The first kappa shape index (κ1) is 17.9. The van der Waals surface area contributed by atoms with E-state index in [4.69, 9.17) is 9.47 Å². The van der Waals surface area contributed by atoms with Crippen LogP contribution in [0.5, 0.6) is 11.5 Å². The summed E-state index contributed by atoms with van der Waals surface area (Å²) in [6.07, 6.45) is 1.81. The number of nitrogens with zero attached hydrogens (tertiary/aromatic N) is 3. The summed E-state index contributed by atoms with van der Waals surface area (Å²) in [6.45, 7) is 3.24. The molecule has 1 aromatic carbocycles. The van der Waals surface area contributed by atoms with Crippen molar-refractivity contribution in [1.82, 2.24) is 14.3 Å². The van der Waals surface area contributed by atoms with Crippen LogP contribution >= 0.6 is 0 Å². The zero-order valence-corrected chi connectivity index (χ0v) is 15.5. The molecule has 0 aliphatic carbocycles. The molecule has 0 saturated heterocycles. The predicted octanol–water partition coefficient (Wildman–Crippen LogP) is 2.65. The van der Waals surface area contributed by atoms with Crippen LogP contribution in [0.2, 0.25) is 0 Å². The fraction of sp³-hybridized carbons (Fsp3) is 0.300. The molecule has 2 heterocycles. The maximum atomic E-state index is 12.3. The second-order valence-corrected chi connectivity index (χ2v) is 6.38. The highest BCUT2D eigenvalue weighted by Crippen LogP contribution is 2.28. The summed E-state index contributed by atoms with van der Waals surface area (Å²) < 4.78 is 12.2. The van der Waals surface area contributed by atoms with E-state index >= 15 is 0 Å². The lowest BCUT2D eigenvalue weighted by atomic mass is 10.2. The molecule has 0 unspecified atom stereocenters. The molecule has 0 amide bonds. The van der Waals surface area contributed by atoms with E-state index in [1.165, 1.54) is 0 Å². The number of methoxy groups -OCH3 is 2. The number of rotatable bonds is 6. The molecule has 0 radical (unpaired) electrons. The zero-order chi connectivity index (χ0) is 18.7. The van der Waals surface area contributed by atoms with E-state index in [-0.39, 0.29) is 5.56 Å². The predicted molar refractivity (Wildman–Crippen MR) is 101 cm³/mol. The minimum Gasteiger partial charge on any atom is -0.493 e. The van der Waals surface area contributed by atoms with E-state index in [0.717, 1.165) is 16.8 Å². The van der Waals surface area contributed by atoms with Crippen molar-refractivity contribution in [1.29, 1.82) is 0 Å². The largest absolute Gasteiger partial charge is 0.493 e. The molecule has 0 N–H and O–H groups in total. The summed E-state index contributed by atoms with van der Waals surface area (Å²) in [5.74, 6) is 1.41. The molecule has 3 rings (SSSR count). The molecule has 2 aromatic heterocycles. The Morgan fingerprint density at radius 1 is 1.04 bits per heavy atom. The van der Waals surface area contributed by atoms with Crippen molar-refractivity contribution in [3.05, 3.63) is 69.8 Å². The molecule has 6 heteroatoms. The first-order valence-electron chi connectivity index (χ1n) is 8.38. The lowest BCUT2D eigenvalue weighted by molar-refractivity contribution is 0.312. The molecule has 0 fully saturated rings. The fourth-order valence-corrected chi connectivity index (χ4v) is 2.96. The van der Waals surface area contributed by atoms with Gasteiger partial charge in [0.1, 0.15) is 5.65 Å². The van der Waals surface area contributed by atoms with Crippen LogP contribution in [0.25, 0.3) is 5.65 Å². The monoisotopic (exact) mass is 353 g/mol. The van der Waals surface area contributed by atoms with E-state index in [9.17, 15) is 4.79 Å². The van der Waals surface area contributed by atoms with Crippen LogP contribution in [0.4, 0.5) is 0 Å². The van der Waals surface area contributed by atoms with Crippen LogP contribution in [0.15, 0.2) is 47.4 Å². The van der Waals surface area contributed by atoms with E-state index in [1.807, 2.05) is 50.5 Å². The van der Waals surface area contributed by atoms with Crippen molar-refractivity contribution in [3.8, 4) is 11.5 Å². The summed E-state index contributed by atoms with van der Waals surface area (Å²) in [5, 5.41) is 0. The van der Waals surface area contributed by atoms with Gasteiger partial charge in [-0.1, -0.05) is 12.1 Å². The summed E-state index contributed by atoms with van der Waals surface area (Å²) >= 11 is 0.